The van der Waals surface area contributed by atoms with Crippen LogP contribution in [0.4, 0.5) is 11.4 Å². The summed E-state index contributed by atoms with van der Waals surface area (Å²) in [7, 11) is 0. The molecule has 124 valence electrons. The maximum atomic E-state index is 11.8. The Bertz CT molecular complexity index is 611. The van der Waals surface area contributed by atoms with Crippen molar-refractivity contribution in [2.75, 3.05) is 31.5 Å². The molecule has 1 aromatic rings. The molecule has 0 aromatic heterocycles. The number of carbonyl (C=O) groups excluding carboxylic acids is 2. The monoisotopic (exact) mass is 320 g/mol. The number of nitro groups is 1. The van der Waals surface area contributed by atoms with Crippen molar-refractivity contribution in [3.63, 3.8) is 0 Å². The maximum absolute atomic E-state index is 11.8. The van der Waals surface area contributed by atoms with Crippen molar-refractivity contribution in [3.05, 3.63) is 33.9 Å². The molecule has 2 amide bonds. The summed E-state index contributed by atoms with van der Waals surface area (Å²) >= 11 is 0. The molecule has 0 radical (unpaired) electrons. The molecule has 2 N–H and O–H groups in total. The molecule has 1 heterocycles. The van der Waals surface area contributed by atoms with Crippen LogP contribution >= 0.6 is 0 Å². The van der Waals surface area contributed by atoms with E-state index in [1.807, 2.05) is 0 Å². The quantitative estimate of drug-likeness (QED) is 0.602. The SMILES string of the molecule is Cc1ccc([N+](=O)[O-])cc1NCC(=O)NCC(=O)N1CCCC1. The van der Waals surface area contributed by atoms with Crippen LogP contribution in [0.5, 0.6) is 0 Å². The summed E-state index contributed by atoms with van der Waals surface area (Å²) in [6, 6.07) is 4.42. The zero-order chi connectivity index (χ0) is 16.8. The molecule has 1 fully saturated rings. The number of nitrogens with one attached hydrogen (secondary N) is 2. The Morgan fingerprint density at radius 2 is 1.96 bits per heavy atom. The summed E-state index contributed by atoms with van der Waals surface area (Å²) in [5.41, 5.74) is 1.29. The van der Waals surface area contributed by atoms with E-state index in [0.29, 0.717) is 5.69 Å². The van der Waals surface area contributed by atoms with Gasteiger partial charge >= 0.3 is 0 Å². The van der Waals surface area contributed by atoms with Crippen LogP contribution < -0.4 is 10.6 Å². The van der Waals surface area contributed by atoms with E-state index in [1.165, 1.54) is 12.1 Å². The number of carbonyl (C=O) groups is 2. The smallest absolute Gasteiger partial charge is 0.271 e. The molecule has 1 aliphatic rings. The minimum Gasteiger partial charge on any atom is -0.376 e. The van der Waals surface area contributed by atoms with E-state index >= 15 is 0 Å². The molecule has 23 heavy (non-hydrogen) atoms. The zero-order valence-electron chi connectivity index (χ0n) is 13.0. The number of likely N-dealkylation sites (tertiary alicyclic amines) is 1. The van der Waals surface area contributed by atoms with E-state index in [4.69, 9.17) is 0 Å². The van der Waals surface area contributed by atoms with Gasteiger partial charge in [-0.1, -0.05) is 6.07 Å². The van der Waals surface area contributed by atoms with Crippen molar-refractivity contribution >= 4 is 23.2 Å². The first-order valence-corrected chi connectivity index (χ1v) is 7.51. The third-order valence-electron chi connectivity index (χ3n) is 3.77. The number of rotatable bonds is 6. The van der Waals surface area contributed by atoms with Crippen LogP contribution in [0, 0.1) is 17.0 Å². The minimum absolute atomic E-state index is 0.0194. The molecule has 0 atom stereocenters. The van der Waals surface area contributed by atoms with Gasteiger partial charge in [0.05, 0.1) is 18.0 Å². The van der Waals surface area contributed by atoms with Crippen molar-refractivity contribution < 1.29 is 14.5 Å². The van der Waals surface area contributed by atoms with E-state index in [9.17, 15) is 19.7 Å². The molecule has 0 saturated carbocycles. The second-order valence-corrected chi connectivity index (χ2v) is 5.47. The van der Waals surface area contributed by atoms with Gasteiger partial charge in [-0.15, -0.1) is 0 Å². The number of nitro benzene ring substituents is 1. The third kappa shape index (κ3) is 4.67. The van der Waals surface area contributed by atoms with Crippen LogP contribution in [0.25, 0.3) is 0 Å². The predicted molar refractivity (Wildman–Crippen MR) is 85.1 cm³/mol. The topological polar surface area (TPSA) is 105 Å². The third-order valence-corrected chi connectivity index (χ3v) is 3.77. The molecule has 8 nitrogen and oxygen atoms in total. The molecule has 0 spiro atoms. The first-order valence-electron chi connectivity index (χ1n) is 7.51. The van der Waals surface area contributed by atoms with Gasteiger partial charge in [-0.2, -0.15) is 0 Å². The molecule has 1 aliphatic heterocycles. The van der Waals surface area contributed by atoms with E-state index in [2.05, 4.69) is 10.6 Å². The number of benzene rings is 1. The second kappa shape index (κ2) is 7.57. The number of anilines is 1. The Balaban J connectivity index is 1.81. The van der Waals surface area contributed by atoms with Crippen LogP contribution in [0.2, 0.25) is 0 Å². The summed E-state index contributed by atoms with van der Waals surface area (Å²) in [6.07, 6.45) is 2.01. The summed E-state index contributed by atoms with van der Waals surface area (Å²) < 4.78 is 0. The van der Waals surface area contributed by atoms with E-state index in [1.54, 1.807) is 17.9 Å². The summed E-state index contributed by atoms with van der Waals surface area (Å²) in [4.78, 5) is 35.6. The molecular formula is C15H20N4O4. The van der Waals surface area contributed by atoms with Crippen molar-refractivity contribution in [2.45, 2.75) is 19.8 Å². The fourth-order valence-electron chi connectivity index (χ4n) is 2.40. The van der Waals surface area contributed by atoms with E-state index in [-0.39, 0.29) is 30.6 Å². The fourth-order valence-corrected chi connectivity index (χ4v) is 2.40. The molecule has 1 aromatic carbocycles. The van der Waals surface area contributed by atoms with E-state index < -0.39 is 4.92 Å². The number of non-ortho nitro benzene ring substituents is 1. The summed E-state index contributed by atoms with van der Waals surface area (Å²) in [6.45, 7) is 3.23. The van der Waals surface area contributed by atoms with Crippen molar-refractivity contribution in [2.24, 2.45) is 0 Å². The summed E-state index contributed by atoms with van der Waals surface area (Å²) in [5.74, 6) is -0.411. The largest absolute Gasteiger partial charge is 0.376 e. The molecule has 0 bridgehead atoms. The Labute approximate surface area is 134 Å². The lowest BCUT2D eigenvalue weighted by molar-refractivity contribution is -0.384. The lowest BCUT2D eigenvalue weighted by atomic mass is 10.2. The number of aryl methyl sites for hydroxylation is 1. The first kappa shape index (κ1) is 16.7. The predicted octanol–water partition coefficient (Wildman–Crippen LogP) is 1.05. The highest BCUT2D eigenvalue weighted by Gasteiger charge is 2.18. The Kier molecular flexibility index (Phi) is 5.51. The minimum atomic E-state index is -0.487. The Morgan fingerprint density at radius 1 is 1.26 bits per heavy atom. The number of amides is 2. The van der Waals surface area contributed by atoms with Crippen LogP contribution in [0.15, 0.2) is 18.2 Å². The van der Waals surface area contributed by atoms with Crippen LogP contribution in [-0.4, -0.2) is 47.8 Å². The van der Waals surface area contributed by atoms with Gasteiger partial charge in [0.2, 0.25) is 11.8 Å². The highest BCUT2D eigenvalue weighted by atomic mass is 16.6. The molecule has 1 saturated heterocycles. The van der Waals surface area contributed by atoms with Gasteiger partial charge in [0.15, 0.2) is 0 Å². The summed E-state index contributed by atoms with van der Waals surface area (Å²) in [5, 5.41) is 16.2. The van der Waals surface area contributed by atoms with Gasteiger partial charge < -0.3 is 15.5 Å². The Morgan fingerprint density at radius 3 is 2.61 bits per heavy atom. The van der Waals surface area contributed by atoms with Crippen molar-refractivity contribution in [3.8, 4) is 0 Å². The zero-order valence-corrected chi connectivity index (χ0v) is 13.0. The molecule has 0 aliphatic carbocycles. The normalized spacial score (nSPS) is 13.7. The average Bonchev–Trinajstić information content (AvgIpc) is 3.06. The molecule has 0 unspecified atom stereocenters. The maximum Gasteiger partial charge on any atom is 0.271 e. The van der Waals surface area contributed by atoms with Gasteiger partial charge in [0, 0.05) is 30.9 Å². The van der Waals surface area contributed by atoms with Gasteiger partial charge in [-0.3, -0.25) is 19.7 Å². The first-order chi connectivity index (χ1) is 11.0. The lowest BCUT2D eigenvalue weighted by Crippen LogP contribution is -2.40. The highest BCUT2D eigenvalue weighted by molar-refractivity contribution is 5.87. The average molecular weight is 320 g/mol. The second-order valence-electron chi connectivity index (χ2n) is 5.47. The molecule has 8 heteroatoms. The highest BCUT2D eigenvalue weighted by Crippen LogP contribution is 2.21. The van der Waals surface area contributed by atoms with E-state index in [0.717, 1.165) is 31.5 Å². The van der Waals surface area contributed by atoms with Crippen molar-refractivity contribution in [1.29, 1.82) is 0 Å². The van der Waals surface area contributed by atoms with Crippen LogP contribution in [0.3, 0.4) is 0 Å². The number of hydrogen-bond acceptors (Lipinski definition) is 5. The van der Waals surface area contributed by atoms with Crippen LogP contribution in [-0.2, 0) is 9.59 Å². The number of hydrogen-bond donors (Lipinski definition) is 2. The molecule has 2 rings (SSSR count). The van der Waals surface area contributed by atoms with Gasteiger partial charge in [-0.25, -0.2) is 0 Å². The Hall–Kier alpha value is -2.64. The number of nitrogens with zero attached hydrogens (tertiary/aromatic N) is 2. The molecular weight excluding hydrogens is 300 g/mol. The van der Waals surface area contributed by atoms with Gasteiger partial charge in [0.25, 0.3) is 5.69 Å². The van der Waals surface area contributed by atoms with Crippen LogP contribution in [0.1, 0.15) is 18.4 Å². The van der Waals surface area contributed by atoms with Crippen molar-refractivity contribution in [1.82, 2.24) is 10.2 Å². The van der Waals surface area contributed by atoms with Gasteiger partial charge in [0.1, 0.15) is 0 Å². The lowest BCUT2D eigenvalue weighted by Gasteiger charge is -2.15. The van der Waals surface area contributed by atoms with Gasteiger partial charge in [-0.05, 0) is 25.3 Å². The fraction of sp³-hybridized carbons (Fsp3) is 0.467. The standard InChI is InChI=1S/C15H20N4O4/c1-11-4-5-12(19(22)23)8-13(11)16-9-14(20)17-10-15(21)18-6-2-3-7-18/h4-5,8,16H,2-3,6-7,9-10H2,1H3,(H,17,20).